The molecule has 0 radical (unpaired) electrons. The van der Waals surface area contributed by atoms with E-state index in [0.717, 1.165) is 30.4 Å². The highest BCUT2D eigenvalue weighted by Crippen LogP contribution is 2.41. The highest BCUT2D eigenvalue weighted by molar-refractivity contribution is 5.46. The van der Waals surface area contributed by atoms with Gasteiger partial charge in [-0.2, -0.15) is 0 Å². The van der Waals surface area contributed by atoms with Gasteiger partial charge in [0.15, 0.2) is 6.29 Å². The highest BCUT2D eigenvalue weighted by Gasteiger charge is 2.44. The molecule has 1 aliphatic carbocycles. The number of hydrogen-bond donors (Lipinski definition) is 3. The molecule has 6 atom stereocenters. The number of aliphatic hydroxyl groups is 3. The van der Waals surface area contributed by atoms with Crippen molar-refractivity contribution in [3.05, 3.63) is 83.2 Å². The minimum absolute atomic E-state index is 0.172. The predicted molar refractivity (Wildman–Crippen MR) is 117 cm³/mol. The van der Waals surface area contributed by atoms with Crippen LogP contribution in [0, 0.1) is 0 Å². The maximum atomic E-state index is 10.7. The van der Waals surface area contributed by atoms with Crippen LogP contribution in [0.25, 0.3) is 0 Å². The van der Waals surface area contributed by atoms with Gasteiger partial charge in [0.05, 0.1) is 5.92 Å². The van der Waals surface area contributed by atoms with E-state index in [9.17, 15) is 15.3 Å². The maximum Gasteiger partial charge on any atom is 0.186 e. The Morgan fingerprint density at radius 3 is 2.62 bits per heavy atom. The fourth-order valence-electron chi connectivity index (χ4n) is 4.51. The van der Waals surface area contributed by atoms with Gasteiger partial charge in [0, 0.05) is 7.11 Å². The van der Waals surface area contributed by atoms with Gasteiger partial charge >= 0.3 is 0 Å². The standard InChI is InChI=1S/C25H30O7/c1-3-15-9-10-17(24-22(27)21(26)23(28)25(29-2)32-24)13-18(15)20(16-7-5-4-6-8-16)19-14-30-11-12-31-19/h4-5,7,9-14,20-28H,3,6,8H2,1-2H3/t20?,21-,22-,23+,24+,25+/m1/s1. The summed E-state index contributed by atoms with van der Waals surface area (Å²) in [5.74, 6) is 0.505. The summed E-state index contributed by atoms with van der Waals surface area (Å²) < 4.78 is 22.2. The van der Waals surface area contributed by atoms with Crippen LogP contribution in [0.15, 0.2) is 66.5 Å². The van der Waals surface area contributed by atoms with E-state index in [1.165, 1.54) is 25.2 Å². The van der Waals surface area contributed by atoms with Crippen LogP contribution < -0.4 is 0 Å². The number of methoxy groups -OCH3 is 1. The predicted octanol–water partition coefficient (Wildman–Crippen LogP) is 3.09. The molecule has 0 saturated carbocycles. The first-order valence-corrected chi connectivity index (χ1v) is 10.9. The van der Waals surface area contributed by atoms with Crippen molar-refractivity contribution in [2.24, 2.45) is 0 Å². The Morgan fingerprint density at radius 1 is 1.12 bits per heavy atom. The molecule has 2 aliphatic heterocycles. The molecule has 3 N–H and O–H groups in total. The molecular formula is C25H30O7. The van der Waals surface area contributed by atoms with Crippen LogP contribution in [-0.4, -0.2) is 47.0 Å². The molecule has 0 amide bonds. The fourth-order valence-corrected chi connectivity index (χ4v) is 4.51. The minimum Gasteiger partial charge on any atom is -0.466 e. The normalized spacial score (nSPS) is 30.7. The quantitative estimate of drug-likeness (QED) is 0.623. The monoisotopic (exact) mass is 442 g/mol. The molecule has 2 heterocycles. The lowest BCUT2D eigenvalue weighted by Crippen LogP contribution is -2.54. The molecule has 7 heteroatoms. The fraction of sp³-hybridized carbons (Fsp3) is 0.440. The third kappa shape index (κ3) is 4.40. The second-order valence-corrected chi connectivity index (χ2v) is 8.13. The Labute approximate surface area is 187 Å². The average molecular weight is 443 g/mol. The molecule has 1 fully saturated rings. The van der Waals surface area contributed by atoms with Gasteiger partial charge < -0.3 is 34.3 Å². The van der Waals surface area contributed by atoms with Gasteiger partial charge in [-0.3, -0.25) is 0 Å². The number of benzene rings is 1. The van der Waals surface area contributed by atoms with Crippen molar-refractivity contribution in [1.82, 2.24) is 0 Å². The van der Waals surface area contributed by atoms with Crippen molar-refractivity contribution >= 4 is 0 Å². The third-order valence-electron chi connectivity index (χ3n) is 6.22. The number of aliphatic hydroxyl groups excluding tert-OH is 3. The Morgan fingerprint density at radius 2 is 1.97 bits per heavy atom. The zero-order valence-electron chi connectivity index (χ0n) is 18.3. The van der Waals surface area contributed by atoms with Crippen LogP contribution in [0.5, 0.6) is 0 Å². The maximum absolute atomic E-state index is 10.7. The first kappa shape index (κ1) is 22.8. The van der Waals surface area contributed by atoms with Gasteiger partial charge in [0.2, 0.25) is 0 Å². The van der Waals surface area contributed by atoms with Crippen LogP contribution in [0.4, 0.5) is 0 Å². The van der Waals surface area contributed by atoms with Gasteiger partial charge in [-0.05, 0) is 36.0 Å². The summed E-state index contributed by atoms with van der Waals surface area (Å²) in [6, 6.07) is 5.87. The van der Waals surface area contributed by atoms with Crippen LogP contribution in [-0.2, 0) is 25.4 Å². The minimum atomic E-state index is -1.39. The summed E-state index contributed by atoms with van der Waals surface area (Å²) >= 11 is 0. The Hall–Kier alpha value is -2.42. The molecule has 32 heavy (non-hydrogen) atoms. The zero-order valence-corrected chi connectivity index (χ0v) is 18.3. The summed E-state index contributed by atoms with van der Waals surface area (Å²) in [7, 11) is 1.39. The van der Waals surface area contributed by atoms with E-state index in [0.29, 0.717) is 11.3 Å². The van der Waals surface area contributed by atoms with Crippen LogP contribution in [0.2, 0.25) is 0 Å². The van der Waals surface area contributed by atoms with Crippen molar-refractivity contribution in [3.8, 4) is 0 Å². The average Bonchev–Trinajstić information content (AvgIpc) is 2.84. The first-order chi connectivity index (χ1) is 15.5. The molecule has 1 aromatic carbocycles. The number of ether oxygens (including phenoxy) is 4. The van der Waals surface area contributed by atoms with Crippen LogP contribution >= 0.6 is 0 Å². The van der Waals surface area contributed by atoms with Crippen molar-refractivity contribution in [2.75, 3.05) is 7.11 Å². The van der Waals surface area contributed by atoms with Crippen molar-refractivity contribution < 1.29 is 34.3 Å². The lowest BCUT2D eigenvalue weighted by Gasteiger charge is -2.40. The van der Waals surface area contributed by atoms with E-state index in [2.05, 4.69) is 25.2 Å². The number of rotatable bonds is 6. The van der Waals surface area contributed by atoms with Gasteiger partial charge in [-0.25, -0.2) is 0 Å². The summed E-state index contributed by atoms with van der Waals surface area (Å²) in [5, 5.41) is 31.1. The molecule has 3 aliphatic rings. The van der Waals surface area contributed by atoms with Gasteiger partial charge in [-0.1, -0.05) is 48.9 Å². The number of aryl methyl sites for hydroxylation is 1. The summed E-state index contributed by atoms with van der Waals surface area (Å²) in [5.41, 5.74) is 4.02. The lowest BCUT2D eigenvalue weighted by molar-refractivity contribution is -0.292. The largest absolute Gasteiger partial charge is 0.466 e. The second-order valence-electron chi connectivity index (χ2n) is 8.13. The lowest BCUT2D eigenvalue weighted by atomic mass is 9.80. The van der Waals surface area contributed by atoms with E-state index in [4.69, 9.17) is 18.9 Å². The van der Waals surface area contributed by atoms with E-state index in [1.54, 1.807) is 6.26 Å². The molecule has 1 unspecified atom stereocenters. The summed E-state index contributed by atoms with van der Waals surface area (Å²) in [6.07, 6.45) is 7.61. The SMILES string of the molecule is CCc1ccc([C@@H]2O[C@H](OC)[C@@H](O)[C@H](O)[C@H]2O)cc1C(C1=CC=CCC1)C1=COC=CO1. The third-order valence-corrected chi connectivity index (χ3v) is 6.22. The molecule has 1 aromatic rings. The van der Waals surface area contributed by atoms with Crippen LogP contribution in [0.1, 0.15) is 48.5 Å². The molecule has 0 aromatic heterocycles. The zero-order chi connectivity index (χ0) is 22.7. The molecule has 0 bridgehead atoms. The van der Waals surface area contributed by atoms with Crippen molar-refractivity contribution in [3.63, 3.8) is 0 Å². The summed E-state index contributed by atoms with van der Waals surface area (Å²) in [4.78, 5) is 0. The van der Waals surface area contributed by atoms with Crippen LogP contribution in [0.3, 0.4) is 0 Å². The Bertz CT molecular complexity index is 930. The molecule has 4 rings (SSSR count). The number of allylic oxidation sites excluding steroid dienone is 4. The van der Waals surface area contributed by atoms with Crippen molar-refractivity contribution in [1.29, 1.82) is 0 Å². The molecule has 1 saturated heterocycles. The van der Waals surface area contributed by atoms with Gasteiger partial charge in [0.25, 0.3) is 0 Å². The van der Waals surface area contributed by atoms with Crippen molar-refractivity contribution in [2.45, 2.75) is 62.8 Å². The van der Waals surface area contributed by atoms with E-state index < -0.39 is 30.7 Å². The van der Waals surface area contributed by atoms with E-state index >= 15 is 0 Å². The topological polar surface area (TPSA) is 97.6 Å². The molecule has 172 valence electrons. The molecule has 0 spiro atoms. The van der Waals surface area contributed by atoms with Gasteiger partial charge in [0.1, 0.15) is 49.0 Å². The smallest absolute Gasteiger partial charge is 0.186 e. The second kappa shape index (κ2) is 10.0. The first-order valence-electron chi connectivity index (χ1n) is 10.9. The highest BCUT2D eigenvalue weighted by atomic mass is 16.7. The molecular weight excluding hydrogens is 412 g/mol. The molecule has 7 nitrogen and oxygen atoms in total. The summed E-state index contributed by atoms with van der Waals surface area (Å²) in [6.45, 7) is 2.09. The van der Waals surface area contributed by atoms with E-state index in [-0.39, 0.29) is 5.92 Å². The van der Waals surface area contributed by atoms with Gasteiger partial charge in [-0.15, -0.1) is 0 Å². The number of hydrogen-bond acceptors (Lipinski definition) is 7. The Balaban J connectivity index is 1.77. The Kier molecular flexibility index (Phi) is 7.13. The van der Waals surface area contributed by atoms with E-state index in [1.807, 2.05) is 18.2 Å².